The number of fused-ring (bicyclic) bond motifs is 1. The fourth-order valence-corrected chi connectivity index (χ4v) is 3.82. The summed E-state index contributed by atoms with van der Waals surface area (Å²) in [6.07, 6.45) is 4.06. The third kappa shape index (κ3) is 3.78. The van der Waals surface area contributed by atoms with Gasteiger partial charge in [0.1, 0.15) is 11.5 Å². The molecule has 0 atom stereocenters. The summed E-state index contributed by atoms with van der Waals surface area (Å²) in [5.74, 6) is 0.302. The molecule has 29 heavy (non-hydrogen) atoms. The fourth-order valence-electron chi connectivity index (χ4n) is 3.82. The maximum Gasteiger partial charge on any atom is 0.276 e. The maximum absolute atomic E-state index is 13.2. The van der Waals surface area contributed by atoms with Crippen LogP contribution in [-0.2, 0) is 13.0 Å². The van der Waals surface area contributed by atoms with Gasteiger partial charge in [-0.1, -0.05) is 48.9 Å². The lowest BCUT2D eigenvalue weighted by Crippen LogP contribution is -2.22. The van der Waals surface area contributed by atoms with Crippen molar-refractivity contribution in [1.29, 1.82) is 0 Å². The Balaban J connectivity index is 1.73. The predicted octanol–water partition coefficient (Wildman–Crippen LogP) is 3.89. The molecule has 1 aliphatic rings. The molecule has 2 aromatic carbocycles. The van der Waals surface area contributed by atoms with Crippen LogP contribution in [0.2, 0.25) is 0 Å². The van der Waals surface area contributed by atoms with Crippen molar-refractivity contribution >= 4 is 17.5 Å². The highest BCUT2D eigenvalue weighted by Gasteiger charge is 2.25. The number of nitrogens with zero attached hydrogens (tertiary/aromatic N) is 2. The van der Waals surface area contributed by atoms with Crippen LogP contribution in [0.15, 0.2) is 54.6 Å². The zero-order valence-corrected chi connectivity index (χ0v) is 16.4. The molecule has 6 nitrogen and oxygen atoms in total. The number of carbonyl (C=O) groups excluding carboxylic acids is 2. The van der Waals surface area contributed by atoms with Crippen molar-refractivity contribution in [3.8, 4) is 11.4 Å². The summed E-state index contributed by atoms with van der Waals surface area (Å²) in [4.78, 5) is 30.1. The second kappa shape index (κ2) is 8.31. The number of rotatable bonds is 4. The smallest absolute Gasteiger partial charge is 0.276 e. The van der Waals surface area contributed by atoms with E-state index in [2.05, 4.69) is 15.2 Å². The fraction of sp³-hybridized carbons (Fsp3) is 0.261. The normalized spacial score (nSPS) is 13.3. The van der Waals surface area contributed by atoms with Gasteiger partial charge in [-0.15, -0.1) is 0 Å². The van der Waals surface area contributed by atoms with E-state index in [0.717, 1.165) is 49.3 Å². The molecule has 1 aliphatic heterocycles. The summed E-state index contributed by atoms with van der Waals surface area (Å²) in [6, 6.07) is 17.0. The van der Waals surface area contributed by atoms with E-state index in [1.165, 1.54) is 0 Å². The first-order valence-corrected chi connectivity index (χ1v) is 9.96. The van der Waals surface area contributed by atoms with E-state index >= 15 is 0 Å². The number of imidazole rings is 1. The van der Waals surface area contributed by atoms with Crippen molar-refractivity contribution in [3.63, 3.8) is 0 Å². The lowest BCUT2D eigenvalue weighted by molar-refractivity contribution is 0.0964. The van der Waals surface area contributed by atoms with Gasteiger partial charge in [-0.2, -0.15) is 0 Å². The van der Waals surface area contributed by atoms with Crippen LogP contribution >= 0.6 is 0 Å². The molecule has 0 bridgehead atoms. The number of para-hydroxylation sites is 1. The van der Waals surface area contributed by atoms with Crippen LogP contribution in [0.5, 0.6) is 0 Å². The van der Waals surface area contributed by atoms with Gasteiger partial charge in [-0.3, -0.25) is 9.59 Å². The SMILES string of the molecule is CNC(=O)c1ccccc1NC(=O)c1nc(-c2ccccc2)n2c1CCCCC2. The quantitative estimate of drug-likeness (QED) is 0.712. The minimum Gasteiger partial charge on any atom is -0.355 e. The molecular formula is C23H24N4O2. The molecule has 0 aliphatic carbocycles. The molecule has 3 aromatic rings. The highest BCUT2D eigenvalue weighted by molar-refractivity contribution is 6.08. The van der Waals surface area contributed by atoms with Gasteiger partial charge >= 0.3 is 0 Å². The lowest BCUT2D eigenvalue weighted by Gasteiger charge is -2.10. The molecule has 0 fully saturated rings. The summed E-state index contributed by atoms with van der Waals surface area (Å²) in [6.45, 7) is 0.856. The summed E-state index contributed by atoms with van der Waals surface area (Å²) < 4.78 is 2.18. The molecule has 2 heterocycles. The van der Waals surface area contributed by atoms with E-state index in [1.54, 1.807) is 31.3 Å². The average molecular weight is 388 g/mol. The van der Waals surface area contributed by atoms with Crippen LogP contribution in [0.1, 0.15) is 45.8 Å². The first-order valence-electron chi connectivity index (χ1n) is 9.96. The van der Waals surface area contributed by atoms with Gasteiger partial charge in [0.25, 0.3) is 11.8 Å². The number of hydrogen-bond donors (Lipinski definition) is 2. The monoisotopic (exact) mass is 388 g/mol. The van der Waals surface area contributed by atoms with Crippen molar-refractivity contribution < 1.29 is 9.59 Å². The van der Waals surface area contributed by atoms with E-state index in [9.17, 15) is 9.59 Å². The van der Waals surface area contributed by atoms with E-state index in [1.807, 2.05) is 30.3 Å². The minimum absolute atomic E-state index is 0.241. The molecule has 6 heteroatoms. The Hall–Kier alpha value is -3.41. The van der Waals surface area contributed by atoms with Gasteiger partial charge in [0.05, 0.1) is 16.9 Å². The Morgan fingerprint density at radius 2 is 1.69 bits per heavy atom. The van der Waals surface area contributed by atoms with Crippen molar-refractivity contribution in [2.24, 2.45) is 0 Å². The highest BCUT2D eigenvalue weighted by atomic mass is 16.2. The van der Waals surface area contributed by atoms with E-state index in [0.29, 0.717) is 16.9 Å². The number of hydrogen-bond acceptors (Lipinski definition) is 3. The van der Waals surface area contributed by atoms with E-state index in [-0.39, 0.29) is 11.8 Å². The molecule has 148 valence electrons. The van der Waals surface area contributed by atoms with Crippen molar-refractivity contribution in [2.45, 2.75) is 32.2 Å². The van der Waals surface area contributed by atoms with E-state index in [4.69, 9.17) is 4.98 Å². The second-order valence-electron chi connectivity index (χ2n) is 7.14. The van der Waals surface area contributed by atoms with Gasteiger partial charge < -0.3 is 15.2 Å². The van der Waals surface area contributed by atoms with Gasteiger partial charge in [0.15, 0.2) is 0 Å². The first-order chi connectivity index (χ1) is 14.2. The van der Waals surface area contributed by atoms with Crippen LogP contribution in [0.3, 0.4) is 0 Å². The molecule has 4 rings (SSSR count). The standard InChI is InChI=1S/C23H24N4O2/c1-24-22(28)17-12-7-8-13-18(17)25-23(29)20-19-14-6-3-9-15-27(19)21(26-20)16-10-4-2-5-11-16/h2,4-5,7-8,10-13H,3,6,9,14-15H2,1H3,(H,24,28)(H,25,29). The molecule has 2 amide bonds. The molecule has 0 spiro atoms. The summed E-state index contributed by atoms with van der Waals surface area (Å²) in [5.41, 5.74) is 3.32. The molecule has 1 aromatic heterocycles. The summed E-state index contributed by atoms with van der Waals surface area (Å²) in [7, 11) is 1.57. The minimum atomic E-state index is -0.283. The number of benzene rings is 2. The number of amides is 2. The Kier molecular flexibility index (Phi) is 5.42. The van der Waals surface area contributed by atoms with Crippen molar-refractivity contribution in [1.82, 2.24) is 14.9 Å². The molecule has 0 saturated carbocycles. The zero-order valence-electron chi connectivity index (χ0n) is 16.4. The highest BCUT2D eigenvalue weighted by Crippen LogP contribution is 2.28. The summed E-state index contributed by atoms with van der Waals surface area (Å²) in [5, 5.41) is 5.51. The average Bonchev–Trinajstić information content (AvgIpc) is 2.95. The van der Waals surface area contributed by atoms with Gasteiger partial charge in [0.2, 0.25) is 0 Å². The van der Waals surface area contributed by atoms with E-state index < -0.39 is 0 Å². The number of carbonyl (C=O) groups is 2. The third-order valence-corrected chi connectivity index (χ3v) is 5.26. The van der Waals surface area contributed by atoms with Gasteiger partial charge in [-0.05, 0) is 31.4 Å². The Labute approximate surface area is 170 Å². The van der Waals surface area contributed by atoms with Crippen molar-refractivity contribution in [3.05, 3.63) is 71.5 Å². The summed E-state index contributed by atoms with van der Waals surface area (Å²) >= 11 is 0. The predicted molar refractivity (Wildman–Crippen MR) is 113 cm³/mol. The lowest BCUT2D eigenvalue weighted by atomic mass is 10.1. The largest absolute Gasteiger partial charge is 0.355 e. The van der Waals surface area contributed by atoms with Crippen LogP contribution < -0.4 is 10.6 Å². The van der Waals surface area contributed by atoms with Gasteiger partial charge in [0, 0.05) is 19.2 Å². The zero-order chi connectivity index (χ0) is 20.2. The van der Waals surface area contributed by atoms with Crippen LogP contribution in [0, 0.1) is 0 Å². The van der Waals surface area contributed by atoms with Crippen LogP contribution in [0.4, 0.5) is 5.69 Å². The number of aromatic nitrogens is 2. The third-order valence-electron chi connectivity index (χ3n) is 5.26. The number of anilines is 1. The van der Waals surface area contributed by atoms with Crippen LogP contribution in [-0.4, -0.2) is 28.4 Å². The maximum atomic E-state index is 13.2. The Morgan fingerprint density at radius 1 is 0.931 bits per heavy atom. The topological polar surface area (TPSA) is 76.0 Å². The second-order valence-corrected chi connectivity index (χ2v) is 7.14. The number of nitrogens with one attached hydrogen (secondary N) is 2. The van der Waals surface area contributed by atoms with Gasteiger partial charge in [-0.25, -0.2) is 4.98 Å². The Bertz CT molecular complexity index is 1040. The molecule has 0 saturated heterocycles. The van der Waals surface area contributed by atoms with Crippen molar-refractivity contribution in [2.75, 3.05) is 12.4 Å². The van der Waals surface area contributed by atoms with Crippen LogP contribution in [0.25, 0.3) is 11.4 Å². The molecule has 0 radical (unpaired) electrons. The molecule has 2 N–H and O–H groups in total. The molecule has 0 unspecified atom stereocenters. The first kappa shape index (κ1) is 18.9. The Morgan fingerprint density at radius 3 is 2.48 bits per heavy atom. The molecular weight excluding hydrogens is 364 g/mol.